The number of para-hydroxylation sites is 1. The van der Waals surface area contributed by atoms with Gasteiger partial charge in [-0.15, -0.1) is 0 Å². The van der Waals surface area contributed by atoms with Crippen LogP contribution in [0.4, 0.5) is 20.4 Å². The van der Waals surface area contributed by atoms with Crippen LogP contribution in [0.3, 0.4) is 0 Å². The third kappa shape index (κ3) is 3.72. The molecule has 3 aromatic heterocycles. The number of alkyl halides is 2. The summed E-state index contributed by atoms with van der Waals surface area (Å²) in [5.41, 5.74) is 5.70. The number of aromatic nitrogens is 5. The zero-order valence-electron chi connectivity index (χ0n) is 17.4. The molecule has 174 valence electrons. The third-order valence-corrected chi connectivity index (χ3v) is 5.79. The van der Waals surface area contributed by atoms with Gasteiger partial charge in [-0.1, -0.05) is 29.8 Å². The summed E-state index contributed by atoms with van der Waals surface area (Å²) in [6.07, 6.45) is 1.94. The minimum absolute atomic E-state index is 0. The molecule has 9 nitrogen and oxygen atoms in total. The van der Waals surface area contributed by atoms with E-state index in [0.29, 0.717) is 5.69 Å². The van der Waals surface area contributed by atoms with Gasteiger partial charge in [0.15, 0.2) is 11.6 Å². The van der Waals surface area contributed by atoms with Crippen molar-refractivity contribution in [1.82, 2.24) is 24.1 Å². The van der Waals surface area contributed by atoms with E-state index in [4.69, 9.17) is 17.3 Å². The second kappa shape index (κ2) is 8.58. The molecule has 1 aliphatic heterocycles. The molecule has 0 saturated carbocycles. The Morgan fingerprint density at radius 3 is 2.65 bits per heavy atom. The van der Waals surface area contributed by atoms with Crippen LogP contribution in [-0.4, -0.2) is 36.6 Å². The lowest BCUT2D eigenvalue weighted by Gasteiger charge is -2.27. The third-order valence-electron chi connectivity index (χ3n) is 5.49. The van der Waals surface area contributed by atoms with E-state index in [-0.39, 0.29) is 47.1 Å². The summed E-state index contributed by atoms with van der Waals surface area (Å²) < 4.78 is 32.1. The van der Waals surface area contributed by atoms with Gasteiger partial charge >= 0.3 is 0 Å². The fourth-order valence-electron chi connectivity index (χ4n) is 4.07. The quantitative estimate of drug-likeness (QED) is 0.457. The Kier molecular flexibility index (Phi) is 5.93. The maximum Gasteiger partial charge on any atom is 0.284 e. The molecule has 2 N–H and O–H groups in total. The fraction of sp³-hybridized carbons (Fsp3) is 0.190. The normalized spacial score (nSPS) is 16.9. The smallest absolute Gasteiger partial charge is 0.284 e. The Hall–Kier alpha value is -3.69. The number of nitrogens with zero attached hydrogens (tertiary/aromatic N) is 7. The molecule has 1 aliphatic rings. The Morgan fingerprint density at radius 1 is 1.21 bits per heavy atom. The van der Waals surface area contributed by atoms with Crippen LogP contribution in [-0.2, 0) is 0 Å². The molecule has 1 saturated heterocycles. The molecule has 0 unspecified atom stereocenters. The lowest BCUT2D eigenvalue weighted by atomic mass is 10.1. The van der Waals surface area contributed by atoms with E-state index < -0.39 is 30.5 Å². The van der Waals surface area contributed by atoms with Crippen molar-refractivity contribution >= 4 is 42.2 Å². The molecule has 4 aromatic rings. The minimum Gasteiger partial charge on any atom is -0.382 e. The molecule has 13 heteroatoms. The van der Waals surface area contributed by atoms with Gasteiger partial charge in [0.25, 0.3) is 11.5 Å². The van der Waals surface area contributed by atoms with Crippen molar-refractivity contribution in [2.45, 2.75) is 18.4 Å². The van der Waals surface area contributed by atoms with Crippen LogP contribution in [0.25, 0.3) is 11.2 Å². The van der Waals surface area contributed by atoms with Gasteiger partial charge in [0.1, 0.15) is 29.3 Å². The number of hydrogen-bond acceptors (Lipinski definition) is 7. The van der Waals surface area contributed by atoms with Crippen LogP contribution >= 0.6 is 25.1 Å². The molecule has 0 aliphatic carbocycles. The van der Waals surface area contributed by atoms with Crippen molar-refractivity contribution in [2.75, 3.05) is 17.2 Å². The van der Waals surface area contributed by atoms with Crippen LogP contribution in [0.5, 0.6) is 0 Å². The second-order valence-corrected chi connectivity index (χ2v) is 7.97. The molecular weight excluding hydrogens is 486 g/mol. The van der Waals surface area contributed by atoms with Gasteiger partial charge in [-0.25, -0.2) is 23.3 Å². The molecule has 4 heterocycles. The van der Waals surface area contributed by atoms with E-state index in [1.54, 1.807) is 30.3 Å². The second-order valence-electron chi connectivity index (χ2n) is 7.56. The van der Waals surface area contributed by atoms with Gasteiger partial charge in [-0.05, 0) is 18.2 Å². The van der Waals surface area contributed by atoms with Crippen LogP contribution in [0.15, 0.2) is 53.7 Å². The highest BCUT2D eigenvalue weighted by molar-refractivity contribution is 7.59. The first-order chi connectivity index (χ1) is 15.8. The van der Waals surface area contributed by atoms with Crippen LogP contribution < -0.4 is 16.2 Å². The standard InChI is InChI=1S/C21H15ClF2N8O.H2S/c22-14-6-7-31-16(14)20(33)32(12-4-2-1-3-5-12)19(29-31)15-8-21(23,24)10-30(15)18-13(9-25)17(26)27-11-28-18;/h1-7,11,15H,8,10H2,(H2,26,27,28);1H2/t15-;/m0./s1. The summed E-state index contributed by atoms with van der Waals surface area (Å²) in [7, 11) is 0. The fourth-order valence-corrected chi connectivity index (χ4v) is 4.30. The average Bonchev–Trinajstić information content (AvgIpc) is 3.33. The molecule has 0 bridgehead atoms. The van der Waals surface area contributed by atoms with E-state index in [9.17, 15) is 18.8 Å². The summed E-state index contributed by atoms with van der Waals surface area (Å²) in [4.78, 5) is 22.6. The van der Waals surface area contributed by atoms with Crippen LogP contribution in [0.1, 0.15) is 23.9 Å². The molecule has 1 fully saturated rings. The predicted molar refractivity (Wildman–Crippen MR) is 127 cm³/mol. The van der Waals surface area contributed by atoms with Gasteiger partial charge in [0, 0.05) is 12.6 Å². The maximum absolute atomic E-state index is 14.8. The number of rotatable bonds is 3. The molecular formula is C21H17ClF2N8OS. The van der Waals surface area contributed by atoms with Crippen molar-refractivity contribution < 1.29 is 8.78 Å². The monoisotopic (exact) mass is 502 g/mol. The lowest BCUT2D eigenvalue weighted by Crippen LogP contribution is -2.34. The van der Waals surface area contributed by atoms with Crippen molar-refractivity contribution in [2.24, 2.45) is 0 Å². The first kappa shape index (κ1) is 23.5. The number of nitrogens with two attached hydrogens (primary N) is 1. The number of nitriles is 1. The van der Waals surface area contributed by atoms with E-state index >= 15 is 0 Å². The first-order valence-electron chi connectivity index (χ1n) is 9.81. The zero-order valence-corrected chi connectivity index (χ0v) is 19.1. The minimum atomic E-state index is -3.14. The highest BCUT2D eigenvalue weighted by Crippen LogP contribution is 2.44. The Morgan fingerprint density at radius 2 is 1.94 bits per heavy atom. The Bertz CT molecular complexity index is 1480. The van der Waals surface area contributed by atoms with Gasteiger partial charge in [-0.2, -0.15) is 23.9 Å². The molecule has 1 atom stereocenters. The van der Waals surface area contributed by atoms with E-state index in [0.717, 1.165) is 6.33 Å². The number of halogens is 3. The average molecular weight is 503 g/mol. The summed E-state index contributed by atoms with van der Waals surface area (Å²) in [6.45, 7) is -0.738. The van der Waals surface area contributed by atoms with Gasteiger partial charge in [0.2, 0.25) is 0 Å². The molecule has 0 radical (unpaired) electrons. The summed E-state index contributed by atoms with van der Waals surface area (Å²) in [6, 6.07) is 10.8. The zero-order chi connectivity index (χ0) is 23.3. The number of hydrogen-bond donors (Lipinski definition) is 1. The maximum atomic E-state index is 14.8. The summed E-state index contributed by atoms with van der Waals surface area (Å²) >= 11 is 6.20. The molecule has 34 heavy (non-hydrogen) atoms. The molecule has 0 spiro atoms. The number of benzene rings is 1. The van der Waals surface area contributed by atoms with Crippen molar-refractivity contribution in [3.8, 4) is 11.8 Å². The van der Waals surface area contributed by atoms with Gasteiger partial charge in [0.05, 0.1) is 23.3 Å². The van der Waals surface area contributed by atoms with E-state index in [1.807, 2.05) is 6.07 Å². The number of fused-ring (bicyclic) bond motifs is 1. The van der Waals surface area contributed by atoms with Crippen LogP contribution in [0, 0.1) is 11.3 Å². The SMILES string of the molecule is N#Cc1c(N)ncnc1N1CC(F)(F)C[C@H]1c1nn2ccc(Cl)c2c(=O)n1-c1ccccc1.S. The lowest BCUT2D eigenvalue weighted by molar-refractivity contribution is 0.0218. The highest BCUT2D eigenvalue weighted by Gasteiger charge is 2.49. The van der Waals surface area contributed by atoms with E-state index in [1.165, 1.54) is 26.2 Å². The summed E-state index contributed by atoms with van der Waals surface area (Å²) in [5, 5.41) is 14.2. The number of anilines is 2. The van der Waals surface area contributed by atoms with Gasteiger partial charge < -0.3 is 10.6 Å². The van der Waals surface area contributed by atoms with Crippen molar-refractivity contribution in [1.29, 1.82) is 5.26 Å². The molecule has 0 amide bonds. The summed E-state index contributed by atoms with van der Waals surface area (Å²) in [5.74, 6) is -3.27. The first-order valence-corrected chi connectivity index (χ1v) is 10.2. The van der Waals surface area contributed by atoms with E-state index in [2.05, 4.69) is 15.1 Å². The van der Waals surface area contributed by atoms with Crippen LogP contribution in [0.2, 0.25) is 5.02 Å². The molecule has 5 rings (SSSR count). The highest BCUT2D eigenvalue weighted by atomic mass is 35.5. The van der Waals surface area contributed by atoms with Crippen molar-refractivity contribution in [3.05, 3.63) is 75.7 Å². The predicted octanol–water partition coefficient (Wildman–Crippen LogP) is 3.08. The molecule has 1 aromatic carbocycles. The number of nitrogen functional groups attached to an aromatic ring is 1. The Balaban J connectivity index is 0.00000274. The largest absolute Gasteiger partial charge is 0.382 e. The van der Waals surface area contributed by atoms with Crippen molar-refractivity contribution in [3.63, 3.8) is 0 Å². The van der Waals surface area contributed by atoms with Gasteiger partial charge in [-0.3, -0.25) is 9.36 Å². The Labute approximate surface area is 203 Å². The topological polar surface area (TPSA) is 118 Å².